The number of hydrogen-bond acceptors (Lipinski definition) is 6. The first-order valence-electron chi connectivity index (χ1n) is 10.7. The number of nitrogens with zero attached hydrogens (tertiary/aromatic N) is 6. The van der Waals surface area contributed by atoms with E-state index in [1.807, 2.05) is 33.4 Å². The summed E-state index contributed by atoms with van der Waals surface area (Å²) in [6.07, 6.45) is 6.84. The number of aromatic amines is 1. The van der Waals surface area contributed by atoms with E-state index in [1.54, 1.807) is 11.1 Å². The van der Waals surface area contributed by atoms with Gasteiger partial charge in [-0.3, -0.25) is 4.40 Å². The van der Waals surface area contributed by atoms with Crippen LogP contribution < -0.4 is 0 Å². The Morgan fingerprint density at radius 2 is 2.10 bits per heavy atom. The van der Waals surface area contributed by atoms with Crippen molar-refractivity contribution in [1.82, 2.24) is 34.4 Å². The van der Waals surface area contributed by atoms with Gasteiger partial charge in [0.05, 0.1) is 11.7 Å². The third-order valence-electron chi connectivity index (χ3n) is 6.15. The number of fused-ring (bicyclic) bond motifs is 3. The van der Waals surface area contributed by atoms with Crippen LogP contribution in [0.1, 0.15) is 44.3 Å². The van der Waals surface area contributed by atoms with Gasteiger partial charge < -0.3 is 19.5 Å². The van der Waals surface area contributed by atoms with Crippen LogP contribution in [-0.2, 0) is 4.74 Å². The number of rotatable bonds is 7. The van der Waals surface area contributed by atoms with Crippen LogP contribution in [0.2, 0.25) is 0 Å². The van der Waals surface area contributed by atoms with Crippen molar-refractivity contribution in [2.75, 3.05) is 34.2 Å². The number of nitrogens with one attached hydrogen (secondary N) is 1. The molecule has 30 heavy (non-hydrogen) atoms. The Morgan fingerprint density at radius 1 is 1.27 bits per heavy atom. The van der Waals surface area contributed by atoms with Crippen molar-refractivity contribution in [3.05, 3.63) is 24.3 Å². The van der Waals surface area contributed by atoms with E-state index in [1.165, 1.54) is 0 Å². The average molecular weight is 414 g/mol. The number of carbonyl (C=O) groups excluding carboxylic acids is 1. The molecular weight excluding hydrogens is 382 g/mol. The van der Waals surface area contributed by atoms with Gasteiger partial charge in [-0.2, -0.15) is 0 Å². The van der Waals surface area contributed by atoms with Crippen LogP contribution >= 0.6 is 0 Å². The van der Waals surface area contributed by atoms with Crippen LogP contribution in [0.3, 0.4) is 0 Å². The van der Waals surface area contributed by atoms with Crippen molar-refractivity contribution in [3.63, 3.8) is 0 Å². The van der Waals surface area contributed by atoms with E-state index < -0.39 is 0 Å². The van der Waals surface area contributed by atoms with Crippen molar-refractivity contribution in [1.29, 1.82) is 0 Å². The first-order chi connectivity index (χ1) is 14.5. The van der Waals surface area contributed by atoms with Gasteiger partial charge in [0, 0.05) is 25.7 Å². The highest BCUT2D eigenvalue weighted by Gasteiger charge is 2.39. The van der Waals surface area contributed by atoms with Gasteiger partial charge in [-0.05, 0) is 51.9 Å². The second kappa shape index (κ2) is 8.59. The lowest BCUT2D eigenvalue weighted by Crippen LogP contribution is -2.32. The van der Waals surface area contributed by atoms with Crippen LogP contribution in [-0.4, -0.2) is 80.8 Å². The minimum absolute atomic E-state index is 0.0975. The number of ether oxygens (including phenoxy) is 1. The van der Waals surface area contributed by atoms with Crippen molar-refractivity contribution in [2.24, 2.45) is 5.92 Å². The van der Waals surface area contributed by atoms with E-state index in [-0.39, 0.29) is 18.1 Å². The normalized spacial score (nSPS) is 21.7. The lowest BCUT2D eigenvalue weighted by Gasteiger charge is -2.21. The molecule has 3 heterocycles. The minimum atomic E-state index is -0.238. The first-order valence-corrected chi connectivity index (χ1v) is 10.7. The van der Waals surface area contributed by atoms with Crippen LogP contribution in [0.5, 0.6) is 0 Å². The second-order valence-electron chi connectivity index (χ2n) is 8.55. The molecule has 4 rings (SSSR count). The number of carbonyl (C=O) groups is 1. The predicted molar refractivity (Wildman–Crippen MR) is 114 cm³/mol. The summed E-state index contributed by atoms with van der Waals surface area (Å²) >= 11 is 0. The Kier molecular flexibility index (Phi) is 5.90. The van der Waals surface area contributed by atoms with Gasteiger partial charge in [0.15, 0.2) is 11.3 Å². The van der Waals surface area contributed by atoms with Crippen molar-refractivity contribution in [2.45, 2.75) is 44.6 Å². The zero-order valence-electron chi connectivity index (χ0n) is 18.2. The van der Waals surface area contributed by atoms with E-state index in [0.29, 0.717) is 12.5 Å². The molecular formula is C21H31N7O2. The SMILES string of the molecule is CCC1CC(OC(=O)N(C)CCCN(C)C)CC1c1nnc2cnc3[nH]ccc3n12. The lowest BCUT2D eigenvalue weighted by molar-refractivity contribution is 0.0690. The standard InChI is InChI=1S/C21H31N7O2/c1-5-14-11-15(30-21(29)27(4)10-6-9-26(2)3)12-16(14)20-25-24-18-13-23-19-17(28(18)20)7-8-22-19/h7-8,13-16,22H,5-6,9-12H2,1-4H3. The Balaban J connectivity index is 1.48. The highest BCUT2D eigenvalue weighted by Crippen LogP contribution is 2.42. The van der Waals surface area contributed by atoms with Gasteiger partial charge in [0.25, 0.3) is 0 Å². The molecule has 0 bridgehead atoms. The summed E-state index contributed by atoms with van der Waals surface area (Å²) in [6.45, 7) is 3.83. The van der Waals surface area contributed by atoms with Gasteiger partial charge in [0.2, 0.25) is 0 Å². The highest BCUT2D eigenvalue weighted by molar-refractivity contribution is 5.74. The van der Waals surface area contributed by atoms with E-state index in [0.717, 1.165) is 54.9 Å². The van der Waals surface area contributed by atoms with Gasteiger partial charge in [0.1, 0.15) is 11.9 Å². The summed E-state index contributed by atoms with van der Waals surface area (Å²) in [5.41, 5.74) is 2.54. The number of amides is 1. The molecule has 0 aliphatic heterocycles. The Hall–Kier alpha value is -2.68. The van der Waals surface area contributed by atoms with Crippen molar-refractivity contribution in [3.8, 4) is 0 Å². The summed E-state index contributed by atoms with van der Waals surface area (Å²) in [7, 11) is 5.88. The number of H-pyrrole nitrogens is 1. The molecule has 0 spiro atoms. The van der Waals surface area contributed by atoms with Gasteiger partial charge in [-0.25, -0.2) is 9.78 Å². The van der Waals surface area contributed by atoms with Gasteiger partial charge >= 0.3 is 6.09 Å². The largest absolute Gasteiger partial charge is 0.446 e. The van der Waals surface area contributed by atoms with E-state index in [9.17, 15) is 4.79 Å². The Labute approximate surface area is 176 Å². The molecule has 3 unspecified atom stereocenters. The van der Waals surface area contributed by atoms with Crippen LogP contribution in [0.15, 0.2) is 18.5 Å². The summed E-state index contributed by atoms with van der Waals surface area (Å²) in [5, 5.41) is 8.85. The maximum atomic E-state index is 12.6. The maximum absolute atomic E-state index is 12.6. The molecule has 0 radical (unpaired) electrons. The molecule has 1 aliphatic carbocycles. The molecule has 162 valence electrons. The fourth-order valence-electron chi connectivity index (χ4n) is 4.52. The minimum Gasteiger partial charge on any atom is -0.446 e. The number of hydrogen-bond donors (Lipinski definition) is 1. The molecule has 3 aromatic heterocycles. The zero-order valence-corrected chi connectivity index (χ0v) is 18.2. The Morgan fingerprint density at radius 3 is 2.87 bits per heavy atom. The fraction of sp³-hybridized carbons (Fsp3) is 0.619. The lowest BCUT2D eigenvalue weighted by atomic mass is 9.93. The van der Waals surface area contributed by atoms with Crippen LogP contribution in [0.4, 0.5) is 4.79 Å². The molecule has 1 aliphatic rings. The third kappa shape index (κ3) is 3.98. The fourth-order valence-corrected chi connectivity index (χ4v) is 4.52. The summed E-state index contributed by atoms with van der Waals surface area (Å²) < 4.78 is 7.96. The highest BCUT2D eigenvalue weighted by atomic mass is 16.6. The molecule has 9 nitrogen and oxygen atoms in total. The van der Waals surface area contributed by atoms with Crippen molar-refractivity contribution >= 4 is 22.9 Å². The molecule has 3 aromatic rings. The monoisotopic (exact) mass is 413 g/mol. The van der Waals surface area contributed by atoms with Crippen LogP contribution in [0, 0.1) is 5.92 Å². The number of aromatic nitrogens is 5. The zero-order chi connectivity index (χ0) is 21.3. The molecule has 9 heteroatoms. The smallest absolute Gasteiger partial charge is 0.409 e. The van der Waals surface area contributed by atoms with Gasteiger partial charge in [-0.1, -0.05) is 13.3 Å². The van der Waals surface area contributed by atoms with E-state index in [4.69, 9.17) is 4.74 Å². The third-order valence-corrected chi connectivity index (χ3v) is 6.15. The molecule has 0 aromatic carbocycles. The first kappa shape index (κ1) is 20.6. The second-order valence-corrected chi connectivity index (χ2v) is 8.55. The molecule has 1 fully saturated rings. The van der Waals surface area contributed by atoms with E-state index >= 15 is 0 Å². The summed E-state index contributed by atoms with van der Waals surface area (Å²) in [5.74, 6) is 1.53. The molecule has 0 saturated heterocycles. The molecule has 3 atom stereocenters. The van der Waals surface area contributed by atoms with Crippen molar-refractivity contribution < 1.29 is 9.53 Å². The molecule has 1 N–H and O–H groups in total. The summed E-state index contributed by atoms with van der Waals surface area (Å²) in [4.78, 5) is 23.9. The Bertz CT molecular complexity index is 1010. The topological polar surface area (TPSA) is 91.7 Å². The van der Waals surface area contributed by atoms with Gasteiger partial charge in [-0.15, -0.1) is 10.2 Å². The quantitative estimate of drug-likeness (QED) is 0.640. The van der Waals surface area contributed by atoms with Crippen LogP contribution in [0.25, 0.3) is 16.8 Å². The maximum Gasteiger partial charge on any atom is 0.409 e. The molecule has 1 saturated carbocycles. The van der Waals surface area contributed by atoms with E-state index in [2.05, 4.69) is 36.4 Å². The predicted octanol–water partition coefficient (Wildman–Crippen LogP) is 2.90. The average Bonchev–Trinajstić information content (AvgIpc) is 3.43. The molecule has 1 amide bonds. The summed E-state index contributed by atoms with van der Waals surface area (Å²) in [6, 6.07) is 2.00.